The highest BCUT2D eigenvalue weighted by Crippen LogP contribution is 2.35. The van der Waals surface area contributed by atoms with Gasteiger partial charge in [-0.3, -0.25) is 9.09 Å². The number of hydrogen-bond donors (Lipinski definition) is 1. The van der Waals surface area contributed by atoms with Crippen LogP contribution in [-0.2, 0) is 37.7 Å². The van der Waals surface area contributed by atoms with E-state index < -0.39 is 20.6 Å². The van der Waals surface area contributed by atoms with E-state index in [1.807, 2.05) is 60.7 Å². The fourth-order valence-corrected chi connectivity index (χ4v) is 3.13. The second-order valence-corrected chi connectivity index (χ2v) is 6.63. The fourth-order valence-electron chi connectivity index (χ4n) is 2.73. The second kappa shape index (κ2) is 10.1. The highest BCUT2D eigenvalue weighted by atomic mass is 31.1. The van der Waals surface area contributed by atoms with Gasteiger partial charge < -0.3 is 14.6 Å². The van der Waals surface area contributed by atoms with E-state index in [4.69, 9.17) is 19.1 Å². The van der Waals surface area contributed by atoms with Crippen molar-refractivity contribution in [3.05, 3.63) is 107 Å². The largest absolute Gasteiger partial charge is 0.478 e. The molecule has 6 nitrogen and oxygen atoms in total. The van der Waals surface area contributed by atoms with Crippen LogP contribution in [0.1, 0.15) is 27.0 Å². The van der Waals surface area contributed by atoms with E-state index in [0.717, 1.165) is 11.1 Å². The van der Waals surface area contributed by atoms with Gasteiger partial charge in [-0.15, -0.1) is 0 Å². The van der Waals surface area contributed by atoms with Crippen LogP contribution in [0.5, 0.6) is 0 Å². The summed E-state index contributed by atoms with van der Waals surface area (Å²) in [5.41, 5.74) is 2.29. The Kier molecular flexibility index (Phi) is 7.33. The Morgan fingerprint density at radius 1 is 0.793 bits per heavy atom. The Morgan fingerprint density at radius 3 is 1.69 bits per heavy atom. The number of carboxylic acid groups (broad SMARTS) is 1. The van der Waals surface area contributed by atoms with Gasteiger partial charge in [0.2, 0.25) is 0 Å². The van der Waals surface area contributed by atoms with Crippen molar-refractivity contribution in [2.45, 2.75) is 19.2 Å². The lowest BCUT2D eigenvalue weighted by Gasteiger charge is -2.32. The SMILES string of the molecule is O=[PH2]OC(OCc1ccccc1)(OCc1ccccc1)c1ccc(C(=O)O)cc1. The molecule has 0 aliphatic heterocycles. The topological polar surface area (TPSA) is 82.1 Å². The molecule has 3 rings (SSSR count). The molecule has 1 N–H and O–H groups in total. The zero-order valence-corrected chi connectivity index (χ0v) is 16.7. The van der Waals surface area contributed by atoms with Crippen molar-refractivity contribution in [3.8, 4) is 0 Å². The summed E-state index contributed by atoms with van der Waals surface area (Å²) >= 11 is 0. The molecule has 0 amide bonds. The summed E-state index contributed by atoms with van der Waals surface area (Å²) in [7, 11) is -1.66. The predicted molar refractivity (Wildman–Crippen MR) is 109 cm³/mol. The zero-order chi connectivity index (χ0) is 20.5. The van der Waals surface area contributed by atoms with Gasteiger partial charge in [-0.2, -0.15) is 0 Å². The molecular weight excluding hydrogens is 391 g/mol. The van der Waals surface area contributed by atoms with Crippen LogP contribution in [0.25, 0.3) is 0 Å². The molecule has 0 aromatic heterocycles. The molecule has 0 radical (unpaired) electrons. The minimum absolute atomic E-state index is 0.114. The Balaban J connectivity index is 1.91. The lowest BCUT2D eigenvalue weighted by molar-refractivity contribution is -0.363. The van der Waals surface area contributed by atoms with Crippen LogP contribution in [0.3, 0.4) is 0 Å². The number of ether oxygens (including phenoxy) is 2. The standard InChI is InChI=1S/C22H21O6P/c23-21(24)19-11-13-20(14-12-19)22(28-29-25,26-15-17-7-3-1-4-8-17)27-16-18-9-5-2-6-10-18/h1-14H,15-16,29H2,(H,23,24). The van der Waals surface area contributed by atoms with E-state index in [9.17, 15) is 9.36 Å². The molecule has 0 saturated heterocycles. The Morgan fingerprint density at radius 2 is 1.28 bits per heavy atom. The van der Waals surface area contributed by atoms with Crippen molar-refractivity contribution in [2.24, 2.45) is 0 Å². The molecule has 0 fully saturated rings. The number of carboxylic acids is 1. The van der Waals surface area contributed by atoms with Crippen LogP contribution in [0, 0.1) is 0 Å². The summed E-state index contributed by atoms with van der Waals surface area (Å²) in [6.45, 7) is 0.297. The lowest BCUT2D eigenvalue weighted by atomic mass is 10.1. The average Bonchev–Trinajstić information content (AvgIpc) is 2.77. The number of carbonyl (C=O) groups is 1. The summed E-state index contributed by atoms with van der Waals surface area (Å²) in [5.74, 6) is -2.78. The normalized spacial score (nSPS) is 11.7. The quantitative estimate of drug-likeness (QED) is 0.387. The van der Waals surface area contributed by atoms with Gasteiger partial charge in [-0.05, 0) is 23.3 Å². The molecule has 1 unspecified atom stereocenters. The van der Waals surface area contributed by atoms with Crippen LogP contribution in [0.2, 0.25) is 0 Å². The van der Waals surface area contributed by atoms with Gasteiger partial charge in [0.05, 0.1) is 18.8 Å². The van der Waals surface area contributed by atoms with Gasteiger partial charge in [-0.25, -0.2) is 4.79 Å². The highest BCUT2D eigenvalue weighted by Gasteiger charge is 2.37. The third-order valence-electron chi connectivity index (χ3n) is 4.23. The Hall–Kier alpha value is -2.76. The molecule has 29 heavy (non-hydrogen) atoms. The average molecular weight is 412 g/mol. The summed E-state index contributed by atoms with van der Waals surface area (Å²) in [6.07, 6.45) is 0. The molecule has 1 atom stereocenters. The maximum absolute atomic E-state index is 11.5. The monoisotopic (exact) mass is 412 g/mol. The molecule has 0 aliphatic carbocycles. The molecule has 0 bridgehead atoms. The number of rotatable bonds is 10. The summed E-state index contributed by atoms with van der Waals surface area (Å²) in [4.78, 5) is 11.2. The first-order valence-electron chi connectivity index (χ1n) is 8.94. The van der Waals surface area contributed by atoms with Gasteiger partial charge in [0.15, 0.2) is 8.69 Å². The lowest BCUT2D eigenvalue weighted by Crippen LogP contribution is -2.34. The van der Waals surface area contributed by atoms with Crippen LogP contribution >= 0.6 is 8.69 Å². The van der Waals surface area contributed by atoms with E-state index in [1.165, 1.54) is 24.3 Å². The van der Waals surface area contributed by atoms with Crippen LogP contribution < -0.4 is 0 Å². The highest BCUT2D eigenvalue weighted by molar-refractivity contribution is 7.17. The van der Waals surface area contributed by atoms with Crippen molar-refractivity contribution < 1.29 is 28.5 Å². The van der Waals surface area contributed by atoms with Gasteiger partial charge >= 0.3 is 11.9 Å². The van der Waals surface area contributed by atoms with Crippen LogP contribution in [-0.4, -0.2) is 11.1 Å². The summed E-state index contributed by atoms with van der Waals surface area (Å²) in [6, 6.07) is 24.8. The van der Waals surface area contributed by atoms with Gasteiger partial charge in [0.25, 0.3) is 0 Å². The van der Waals surface area contributed by atoms with Crippen molar-refractivity contribution in [1.82, 2.24) is 0 Å². The molecule has 0 saturated carbocycles. The minimum Gasteiger partial charge on any atom is -0.478 e. The van der Waals surface area contributed by atoms with Crippen molar-refractivity contribution in [2.75, 3.05) is 0 Å². The molecule has 3 aromatic carbocycles. The van der Waals surface area contributed by atoms with Crippen molar-refractivity contribution >= 4 is 14.7 Å². The van der Waals surface area contributed by atoms with Gasteiger partial charge in [0.1, 0.15) is 0 Å². The smallest absolute Gasteiger partial charge is 0.335 e. The molecule has 150 valence electrons. The van der Waals surface area contributed by atoms with E-state index >= 15 is 0 Å². The third kappa shape index (κ3) is 5.62. The predicted octanol–water partition coefficient (Wildman–Crippen LogP) is 4.62. The fraction of sp³-hybridized carbons (Fsp3) is 0.136. The zero-order valence-electron chi connectivity index (χ0n) is 15.6. The molecule has 7 heteroatoms. The maximum atomic E-state index is 11.5. The molecule has 0 heterocycles. The van der Waals surface area contributed by atoms with E-state index in [-0.39, 0.29) is 18.8 Å². The first-order valence-corrected chi connectivity index (χ1v) is 9.88. The number of aromatic carboxylic acids is 1. The second-order valence-electron chi connectivity index (χ2n) is 6.20. The minimum atomic E-state index is -1.74. The van der Waals surface area contributed by atoms with Gasteiger partial charge in [-0.1, -0.05) is 72.8 Å². The molecule has 3 aromatic rings. The van der Waals surface area contributed by atoms with E-state index in [0.29, 0.717) is 5.56 Å². The van der Waals surface area contributed by atoms with Crippen LogP contribution in [0.4, 0.5) is 0 Å². The van der Waals surface area contributed by atoms with Crippen LogP contribution in [0.15, 0.2) is 84.9 Å². The summed E-state index contributed by atoms with van der Waals surface area (Å²) in [5, 5.41) is 9.15. The molecule has 0 aliphatic rings. The van der Waals surface area contributed by atoms with Crippen molar-refractivity contribution in [3.63, 3.8) is 0 Å². The third-order valence-corrected chi connectivity index (χ3v) is 4.64. The van der Waals surface area contributed by atoms with Crippen molar-refractivity contribution in [1.29, 1.82) is 0 Å². The Bertz CT molecular complexity index is 885. The Labute approximate surface area is 170 Å². The molecule has 0 spiro atoms. The summed E-state index contributed by atoms with van der Waals surface area (Å²) < 4.78 is 29.0. The van der Waals surface area contributed by atoms with Gasteiger partial charge in [0, 0.05) is 5.56 Å². The first-order chi connectivity index (χ1) is 14.1. The number of hydrogen-bond acceptors (Lipinski definition) is 5. The first kappa shape index (κ1) is 21.0. The number of benzene rings is 3. The maximum Gasteiger partial charge on any atom is 0.335 e. The van der Waals surface area contributed by atoms with E-state index in [2.05, 4.69) is 0 Å². The molecular formula is C22H21O6P. The van der Waals surface area contributed by atoms with E-state index in [1.54, 1.807) is 0 Å².